The number of aromatic nitrogens is 3. The van der Waals surface area contributed by atoms with E-state index < -0.39 is 0 Å². The molecule has 0 bridgehead atoms. The van der Waals surface area contributed by atoms with Crippen LogP contribution in [0.5, 0.6) is 0 Å². The minimum Gasteiger partial charge on any atom is -0.342 e. The number of rotatable bonds is 0. The predicted molar refractivity (Wildman–Crippen MR) is 54.0 cm³/mol. The summed E-state index contributed by atoms with van der Waals surface area (Å²) in [4.78, 5) is 7.57. The molecule has 0 unspecified atom stereocenters. The van der Waals surface area contributed by atoms with E-state index in [2.05, 4.69) is 26.5 Å². The summed E-state index contributed by atoms with van der Waals surface area (Å²) in [6.07, 6.45) is 1.88. The van der Waals surface area contributed by atoms with E-state index in [-0.39, 0.29) is 0 Å². The van der Waals surface area contributed by atoms with Gasteiger partial charge in [0.15, 0.2) is 0 Å². The van der Waals surface area contributed by atoms with Gasteiger partial charge in [-0.25, -0.2) is 4.98 Å². The molecule has 3 rings (SSSR count). The number of benzene rings is 1. The molecule has 0 aliphatic heterocycles. The molecule has 0 radical (unpaired) electrons. The number of aromatic amines is 1. The SMILES string of the molecule is Cc1nc2cc3cnsc3cc2[nH]1. The Morgan fingerprint density at radius 2 is 2.31 bits per heavy atom. The van der Waals surface area contributed by atoms with Gasteiger partial charge < -0.3 is 4.98 Å². The van der Waals surface area contributed by atoms with Gasteiger partial charge >= 0.3 is 0 Å². The molecule has 3 nitrogen and oxygen atoms in total. The minimum atomic E-state index is 0.959. The highest BCUT2D eigenvalue weighted by atomic mass is 32.1. The summed E-state index contributed by atoms with van der Waals surface area (Å²) in [6.45, 7) is 1.96. The molecule has 2 heterocycles. The Balaban J connectivity index is 2.54. The maximum atomic E-state index is 4.36. The van der Waals surface area contributed by atoms with Gasteiger partial charge in [0, 0.05) is 11.6 Å². The standard InChI is InChI=1S/C9H7N3S/c1-5-11-7-2-6-4-10-13-9(6)3-8(7)12-5/h2-4H,1H3,(H,11,12). The van der Waals surface area contributed by atoms with Gasteiger partial charge in [-0.3, -0.25) is 0 Å². The van der Waals surface area contributed by atoms with Crippen molar-refractivity contribution in [2.45, 2.75) is 6.92 Å². The van der Waals surface area contributed by atoms with Gasteiger partial charge in [-0.15, -0.1) is 0 Å². The van der Waals surface area contributed by atoms with Crippen LogP contribution in [0, 0.1) is 6.92 Å². The molecule has 0 aliphatic carbocycles. The van der Waals surface area contributed by atoms with Crippen LogP contribution in [-0.4, -0.2) is 14.3 Å². The fraction of sp³-hybridized carbons (Fsp3) is 0.111. The lowest BCUT2D eigenvalue weighted by Crippen LogP contribution is -1.68. The van der Waals surface area contributed by atoms with Crippen molar-refractivity contribution in [2.24, 2.45) is 0 Å². The van der Waals surface area contributed by atoms with E-state index in [1.807, 2.05) is 13.1 Å². The van der Waals surface area contributed by atoms with E-state index in [1.54, 1.807) is 0 Å². The first-order chi connectivity index (χ1) is 6.33. The van der Waals surface area contributed by atoms with Crippen LogP contribution in [0.3, 0.4) is 0 Å². The number of hydrogen-bond acceptors (Lipinski definition) is 3. The molecule has 0 saturated carbocycles. The number of fused-ring (bicyclic) bond motifs is 2. The number of nitrogens with zero attached hydrogens (tertiary/aromatic N) is 2. The second-order valence-electron chi connectivity index (χ2n) is 3.06. The molecule has 1 aromatic carbocycles. The second-order valence-corrected chi connectivity index (χ2v) is 3.89. The summed E-state index contributed by atoms with van der Waals surface area (Å²) in [6, 6.07) is 4.17. The highest BCUT2D eigenvalue weighted by Gasteiger charge is 2.02. The maximum Gasteiger partial charge on any atom is 0.104 e. The summed E-state index contributed by atoms with van der Waals surface area (Å²) in [5, 5.41) is 1.17. The Hall–Kier alpha value is -1.42. The quantitative estimate of drug-likeness (QED) is 0.590. The second kappa shape index (κ2) is 2.29. The highest BCUT2D eigenvalue weighted by molar-refractivity contribution is 7.13. The third-order valence-corrected chi connectivity index (χ3v) is 2.84. The van der Waals surface area contributed by atoms with Crippen LogP contribution >= 0.6 is 11.5 Å². The first-order valence-corrected chi connectivity index (χ1v) is 4.81. The van der Waals surface area contributed by atoms with Crippen LogP contribution < -0.4 is 0 Å². The molecule has 0 aliphatic rings. The van der Waals surface area contributed by atoms with Gasteiger partial charge in [-0.1, -0.05) is 0 Å². The van der Waals surface area contributed by atoms with E-state index in [9.17, 15) is 0 Å². The minimum absolute atomic E-state index is 0.959. The molecule has 4 heteroatoms. The average molecular weight is 189 g/mol. The van der Waals surface area contributed by atoms with Crippen molar-refractivity contribution in [1.29, 1.82) is 0 Å². The molecule has 1 N–H and O–H groups in total. The van der Waals surface area contributed by atoms with Gasteiger partial charge in [0.1, 0.15) is 5.82 Å². The number of imidazole rings is 1. The van der Waals surface area contributed by atoms with Gasteiger partial charge in [0.2, 0.25) is 0 Å². The Morgan fingerprint density at radius 1 is 1.38 bits per heavy atom. The van der Waals surface area contributed by atoms with Crippen molar-refractivity contribution in [1.82, 2.24) is 14.3 Å². The molecule has 0 spiro atoms. The topological polar surface area (TPSA) is 41.6 Å². The maximum absolute atomic E-state index is 4.36. The molecule has 3 aromatic rings. The van der Waals surface area contributed by atoms with Crippen LogP contribution in [0.15, 0.2) is 18.3 Å². The summed E-state index contributed by atoms with van der Waals surface area (Å²) in [7, 11) is 0. The Kier molecular flexibility index (Phi) is 1.24. The number of H-pyrrole nitrogens is 1. The fourth-order valence-electron chi connectivity index (χ4n) is 1.50. The van der Waals surface area contributed by atoms with E-state index >= 15 is 0 Å². The zero-order valence-electron chi connectivity index (χ0n) is 7.03. The predicted octanol–water partition coefficient (Wildman–Crippen LogP) is 2.48. The average Bonchev–Trinajstić information content (AvgIpc) is 2.63. The monoisotopic (exact) mass is 189 g/mol. The lowest BCUT2D eigenvalue weighted by atomic mass is 10.2. The van der Waals surface area contributed by atoms with Crippen molar-refractivity contribution >= 4 is 32.7 Å². The summed E-state index contributed by atoms with van der Waals surface area (Å²) in [5.74, 6) is 0.959. The summed E-state index contributed by atoms with van der Waals surface area (Å²) < 4.78 is 5.33. The lowest BCUT2D eigenvalue weighted by molar-refractivity contribution is 1.17. The molecule has 0 saturated heterocycles. The highest BCUT2D eigenvalue weighted by Crippen LogP contribution is 2.23. The number of hydrogen-bond donors (Lipinski definition) is 1. The van der Waals surface area contributed by atoms with E-state index in [4.69, 9.17) is 0 Å². The zero-order chi connectivity index (χ0) is 8.84. The Bertz CT molecular complexity index is 531. The molecular formula is C9H7N3S. The smallest absolute Gasteiger partial charge is 0.104 e. The Morgan fingerprint density at radius 3 is 3.23 bits per heavy atom. The van der Waals surface area contributed by atoms with Crippen LogP contribution in [0.2, 0.25) is 0 Å². The van der Waals surface area contributed by atoms with E-state index in [0.29, 0.717) is 0 Å². The normalized spacial score (nSPS) is 11.5. The molecule has 13 heavy (non-hydrogen) atoms. The molecule has 64 valence electrons. The lowest BCUT2D eigenvalue weighted by Gasteiger charge is -1.87. The Labute approximate surface area is 78.6 Å². The molecular weight excluding hydrogens is 182 g/mol. The molecule has 2 aromatic heterocycles. The fourth-order valence-corrected chi connectivity index (χ4v) is 2.17. The van der Waals surface area contributed by atoms with E-state index in [1.165, 1.54) is 21.6 Å². The first-order valence-electron chi connectivity index (χ1n) is 4.04. The van der Waals surface area contributed by atoms with Crippen molar-refractivity contribution < 1.29 is 0 Å². The third kappa shape index (κ3) is 0.954. The van der Waals surface area contributed by atoms with Crippen molar-refractivity contribution in [3.8, 4) is 0 Å². The third-order valence-electron chi connectivity index (χ3n) is 2.07. The zero-order valence-corrected chi connectivity index (χ0v) is 7.85. The van der Waals surface area contributed by atoms with Crippen molar-refractivity contribution in [3.63, 3.8) is 0 Å². The molecule has 0 fully saturated rings. The van der Waals surface area contributed by atoms with Gasteiger partial charge in [-0.05, 0) is 30.6 Å². The van der Waals surface area contributed by atoms with Crippen LogP contribution in [0.25, 0.3) is 21.1 Å². The van der Waals surface area contributed by atoms with Crippen LogP contribution in [0.4, 0.5) is 0 Å². The van der Waals surface area contributed by atoms with Gasteiger partial charge in [0.05, 0.1) is 15.7 Å². The summed E-state index contributed by atoms with van der Waals surface area (Å²) >= 11 is 1.51. The van der Waals surface area contributed by atoms with Crippen LogP contribution in [0.1, 0.15) is 5.82 Å². The first kappa shape index (κ1) is 7.03. The molecule has 0 atom stereocenters. The van der Waals surface area contributed by atoms with E-state index in [0.717, 1.165) is 16.9 Å². The van der Waals surface area contributed by atoms with Crippen molar-refractivity contribution in [2.75, 3.05) is 0 Å². The largest absolute Gasteiger partial charge is 0.342 e. The van der Waals surface area contributed by atoms with Gasteiger partial charge in [0.25, 0.3) is 0 Å². The number of nitrogens with one attached hydrogen (secondary N) is 1. The molecule has 0 amide bonds. The van der Waals surface area contributed by atoms with Gasteiger partial charge in [-0.2, -0.15) is 4.37 Å². The van der Waals surface area contributed by atoms with Crippen LogP contribution in [-0.2, 0) is 0 Å². The number of aryl methyl sites for hydroxylation is 1. The van der Waals surface area contributed by atoms with Crippen molar-refractivity contribution in [3.05, 3.63) is 24.2 Å². The summed E-state index contributed by atoms with van der Waals surface area (Å²) in [5.41, 5.74) is 2.11.